The van der Waals surface area contributed by atoms with Gasteiger partial charge in [0.25, 0.3) is 11.7 Å². The highest BCUT2D eigenvalue weighted by molar-refractivity contribution is 6.46. The number of aromatic hydroxyl groups is 1. The minimum absolute atomic E-state index is 0.00885. The zero-order valence-electron chi connectivity index (χ0n) is 16.3. The first-order chi connectivity index (χ1) is 14.0. The number of Topliss-reactive ketones (excluding diaryl/α,β-unsaturated/α-hetero) is 1. The van der Waals surface area contributed by atoms with Crippen molar-refractivity contribution in [2.75, 3.05) is 26.9 Å². The predicted octanol–water partition coefficient (Wildman–Crippen LogP) is 2.86. The van der Waals surface area contributed by atoms with Gasteiger partial charge in [-0.25, -0.2) is 0 Å². The van der Waals surface area contributed by atoms with Crippen molar-refractivity contribution in [1.29, 1.82) is 0 Å². The number of carbonyl (C=O) groups is 2. The summed E-state index contributed by atoms with van der Waals surface area (Å²) in [6.45, 7) is 2.52. The molecule has 1 fully saturated rings. The van der Waals surface area contributed by atoms with E-state index in [1.807, 2.05) is 0 Å². The zero-order valence-corrected chi connectivity index (χ0v) is 16.3. The molecule has 2 N–H and O–H groups in total. The Hall–Kier alpha value is -3.32. The number of phenols is 1. The summed E-state index contributed by atoms with van der Waals surface area (Å²) in [5.41, 5.74) is 0.968. The maximum absolute atomic E-state index is 12.8. The van der Waals surface area contributed by atoms with Gasteiger partial charge in [-0.3, -0.25) is 9.59 Å². The van der Waals surface area contributed by atoms with Crippen molar-refractivity contribution in [2.24, 2.45) is 0 Å². The molecule has 2 aromatic rings. The molecule has 0 radical (unpaired) electrons. The minimum Gasteiger partial charge on any atom is -0.507 e. The van der Waals surface area contributed by atoms with Gasteiger partial charge in [-0.05, 0) is 24.6 Å². The predicted molar refractivity (Wildman–Crippen MR) is 107 cm³/mol. The Morgan fingerprint density at radius 2 is 1.86 bits per heavy atom. The van der Waals surface area contributed by atoms with Gasteiger partial charge in [-0.2, -0.15) is 0 Å². The van der Waals surface area contributed by atoms with Gasteiger partial charge in [0.05, 0.1) is 24.8 Å². The fourth-order valence-electron chi connectivity index (χ4n) is 3.37. The number of likely N-dealkylation sites (tertiary alicyclic amines) is 1. The largest absolute Gasteiger partial charge is 0.507 e. The average Bonchev–Trinajstić information content (AvgIpc) is 2.98. The normalized spacial score (nSPS) is 18.3. The molecule has 152 valence electrons. The number of hydrogen-bond acceptors (Lipinski definition) is 6. The summed E-state index contributed by atoms with van der Waals surface area (Å²) in [4.78, 5) is 26.9. The van der Waals surface area contributed by atoms with E-state index in [0.717, 1.165) is 0 Å². The highest BCUT2D eigenvalue weighted by Crippen LogP contribution is 2.41. The lowest BCUT2D eigenvalue weighted by molar-refractivity contribution is -0.140. The fraction of sp³-hybridized carbons (Fsp3) is 0.273. The van der Waals surface area contributed by atoms with Crippen LogP contribution in [0.5, 0.6) is 11.5 Å². The number of nitrogens with zero attached hydrogens (tertiary/aromatic N) is 1. The molecule has 0 unspecified atom stereocenters. The first-order valence-electron chi connectivity index (χ1n) is 9.28. The molecule has 0 aromatic heterocycles. The van der Waals surface area contributed by atoms with E-state index in [-0.39, 0.29) is 36.0 Å². The molecule has 3 rings (SSSR count). The average molecular weight is 397 g/mol. The molecule has 1 atom stereocenters. The molecule has 29 heavy (non-hydrogen) atoms. The van der Waals surface area contributed by atoms with E-state index in [0.29, 0.717) is 17.7 Å². The monoisotopic (exact) mass is 397 g/mol. The smallest absolute Gasteiger partial charge is 0.295 e. The van der Waals surface area contributed by atoms with Gasteiger partial charge in [0.1, 0.15) is 5.76 Å². The molecular weight excluding hydrogens is 374 g/mol. The lowest BCUT2D eigenvalue weighted by Gasteiger charge is -2.25. The molecule has 7 heteroatoms. The molecule has 1 aliphatic heterocycles. The van der Waals surface area contributed by atoms with Gasteiger partial charge < -0.3 is 24.6 Å². The van der Waals surface area contributed by atoms with Gasteiger partial charge in [0.15, 0.2) is 11.5 Å². The number of ketones is 1. The summed E-state index contributed by atoms with van der Waals surface area (Å²) in [6.07, 6.45) is 0. The summed E-state index contributed by atoms with van der Waals surface area (Å²) in [5, 5.41) is 20.9. The molecule has 0 aliphatic carbocycles. The van der Waals surface area contributed by atoms with Crippen molar-refractivity contribution in [3.63, 3.8) is 0 Å². The Morgan fingerprint density at radius 3 is 2.52 bits per heavy atom. The number of hydrogen-bond donors (Lipinski definition) is 2. The van der Waals surface area contributed by atoms with E-state index in [1.54, 1.807) is 49.4 Å². The Kier molecular flexibility index (Phi) is 6.19. The van der Waals surface area contributed by atoms with E-state index in [2.05, 4.69) is 0 Å². The number of benzene rings is 2. The molecule has 0 bridgehead atoms. The van der Waals surface area contributed by atoms with Crippen molar-refractivity contribution in [3.8, 4) is 11.5 Å². The number of ether oxygens (including phenoxy) is 2. The second kappa shape index (κ2) is 8.79. The summed E-state index contributed by atoms with van der Waals surface area (Å²) in [7, 11) is 1.50. The maximum Gasteiger partial charge on any atom is 0.295 e. The van der Waals surface area contributed by atoms with Crippen LogP contribution in [-0.4, -0.2) is 53.7 Å². The highest BCUT2D eigenvalue weighted by Gasteiger charge is 2.46. The highest BCUT2D eigenvalue weighted by atomic mass is 16.5. The van der Waals surface area contributed by atoms with Crippen molar-refractivity contribution >= 4 is 17.4 Å². The van der Waals surface area contributed by atoms with Crippen LogP contribution in [0.25, 0.3) is 5.76 Å². The zero-order chi connectivity index (χ0) is 21.0. The lowest BCUT2D eigenvalue weighted by atomic mass is 9.95. The van der Waals surface area contributed by atoms with Crippen LogP contribution in [0.2, 0.25) is 0 Å². The fourth-order valence-corrected chi connectivity index (χ4v) is 3.37. The molecule has 7 nitrogen and oxygen atoms in total. The van der Waals surface area contributed by atoms with E-state index in [4.69, 9.17) is 9.47 Å². The van der Waals surface area contributed by atoms with Crippen LogP contribution in [0.1, 0.15) is 24.1 Å². The topological polar surface area (TPSA) is 96.3 Å². The van der Waals surface area contributed by atoms with E-state index >= 15 is 0 Å². The van der Waals surface area contributed by atoms with Gasteiger partial charge in [0.2, 0.25) is 0 Å². The van der Waals surface area contributed by atoms with Crippen molar-refractivity contribution in [2.45, 2.75) is 13.0 Å². The first-order valence-corrected chi connectivity index (χ1v) is 9.28. The van der Waals surface area contributed by atoms with E-state index < -0.39 is 17.7 Å². The third-order valence-corrected chi connectivity index (χ3v) is 4.72. The molecule has 2 aromatic carbocycles. The lowest BCUT2D eigenvalue weighted by Crippen LogP contribution is -2.32. The third-order valence-electron chi connectivity index (χ3n) is 4.72. The van der Waals surface area contributed by atoms with Crippen LogP contribution in [0.15, 0.2) is 54.1 Å². The number of carbonyl (C=O) groups excluding carboxylic acids is 2. The number of rotatable bonds is 7. The van der Waals surface area contributed by atoms with Gasteiger partial charge in [-0.15, -0.1) is 0 Å². The quantitative estimate of drug-likeness (QED) is 0.424. The number of methoxy groups -OCH3 is 1. The van der Waals surface area contributed by atoms with Crippen molar-refractivity contribution < 1.29 is 29.3 Å². The van der Waals surface area contributed by atoms with Gasteiger partial charge in [0, 0.05) is 19.2 Å². The van der Waals surface area contributed by atoms with Crippen LogP contribution in [0.3, 0.4) is 0 Å². The SMILES string of the molecule is CCOc1cc([C@H]2C(=C(O)c3ccccc3)C(=O)C(=O)N2CCOC)ccc1O. The van der Waals surface area contributed by atoms with Crippen molar-refractivity contribution in [3.05, 3.63) is 65.2 Å². The summed E-state index contributed by atoms with van der Waals surface area (Å²) in [6, 6.07) is 12.4. The minimum atomic E-state index is -0.829. The van der Waals surface area contributed by atoms with Crippen molar-refractivity contribution in [1.82, 2.24) is 4.90 Å². The summed E-state index contributed by atoms with van der Waals surface area (Å²) >= 11 is 0. The Balaban J connectivity index is 2.17. The van der Waals surface area contributed by atoms with Crippen LogP contribution in [-0.2, 0) is 14.3 Å². The molecule has 1 amide bonds. The number of aliphatic hydroxyl groups is 1. The number of amides is 1. The van der Waals surface area contributed by atoms with Crippen LogP contribution < -0.4 is 4.74 Å². The Bertz CT molecular complexity index is 938. The molecule has 1 aliphatic rings. The molecule has 0 saturated carbocycles. The second-order valence-electron chi connectivity index (χ2n) is 6.51. The van der Waals surface area contributed by atoms with E-state index in [9.17, 15) is 19.8 Å². The van der Waals surface area contributed by atoms with Crippen LogP contribution in [0, 0.1) is 0 Å². The van der Waals surface area contributed by atoms with Crippen LogP contribution in [0.4, 0.5) is 0 Å². The second-order valence-corrected chi connectivity index (χ2v) is 6.51. The van der Waals surface area contributed by atoms with Crippen LogP contribution >= 0.6 is 0 Å². The third kappa shape index (κ3) is 3.95. The maximum atomic E-state index is 12.8. The standard InChI is InChI=1S/C22H23NO6/c1-3-29-17-13-15(9-10-16(17)24)19-18(20(25)14-7-5-4-6-8-14)21(26)22(27)23(19)11-12-28-2/h4-10,13,19,24-25H,3,11-12H2,1-2H3/t19-/m0/s1. The molecule has 1 saturated heterocycles. The molecule has 1 heterocycles. The Morgan fingerprint density at radius 1 is 1.14 bits per heavy atom. The van der Waals surface area contributed by atoms with Gasteiger partial charge >= 0.3 is 0 Å². The number of aliphatic hydroxyl groups excluding tert-OH is 1. The molecule has 0 spiro atoms. The summed E-state index contributed by atoms with van der Waals surface area (Å²) in [5.74, 6) is -1.54. The Labute approximate surface area is 168 Å². The molecular formula is C22H23NO6. The summed E-state index contributed by atoms with van der Waals surface area (Å²) < 4.78 is 10.5. The first kappa shape index (κ1) is 20.4. The van der Waals surface area contributed by atoms with E-state index in [1.165, 1.54) is 18.1 Å². The number of phenolic OH excluding ortho intramolecular Hbond substituents is 1. The van der Waals surface area contributed by atoms with Gasteiger partial charge in [-0.1, -0.05) is 36.4 Å².